The van der Waals surface area contributed by atoms with E-state index in [9.17, 15) is 0 Å². The first-order valence-corrected chi connectivity index (χ1v) is 7.78. The summed E-state index contributed by atoms with van der Waals surface area (Å²) >= 11 is 0. The van der Waals surface area contributed by atoms with Gasteiger partial charge in [0.05, 0.1) is 0 Å². The van der Waals surface area contributed by atoms with Crippen LogP contribution in [0.4, 0.5) is 5.95 Å². The topological polar surface area (TPSA) is 44.3 Å². The largest absolute Gasteiger partial charge is 0.341 e. The summed E-state index contributed by atoms with van der Waals surface area (Å²) in [6, 6.07) is 3.21. The third kappa shape index (κ3) is 3.46. The Morgan fingerprint density at radius 2 is 1.80 bits per heavy atom. The lowest BCUT2D eigenvalue weighted by Crippen LogP contribution is -2.51. The van der Waals surface area contributed by atoms with Gasteiger partial charge in [-0.2, -0.15) is 0 Å². The number of likely N-dealkylation sites (N-methyl/N-ethyl adjacent to an activating group) is 1. The van der Waals surface area contributed by atoms with E-state index in [0.717, 1.165) is 19.0 Å². The molecule has 1 aromatic rings. The first kappa shape index (κ1) is 13.8. The van der Waals surface area contributed by atoms with Crippen LogP contribution in [0.25, 0.3) is 0 Å². The predicted octanol–water partition coefficient (Wildman–Crippen LogP) is 1.13. The first-order chi connectivity index (χ1) is 9.81. The lowest BCUT2D eigenvalue weighted by Gasteiger charge is -2.37. The summed E-state index contributed by atoms with van der Waals surface area (Å²) in [7, 11) is 2.23. The fraction of sp³-hybridized carbons (Fsp3) is 0.733. The monoisotopic (exact) mass is 275 g/mol. The Balaban J connectivity index is 1.46. The summed E-state index contributed by atoms with van der Waals surface area (Å²) in [6.45, 7) is 4.57. The second kappa shape index (κ2) is 6.50. The molecule has 5 nitrogen and oxygen atoms in total. The average Bonchev–Trinajstić information content (AvgIpc) is 2.49. The summed E-state index contributed by atoms with van der Waals surface area (Å²) < 4.78 is 0. The Morgan fingerprint density at radius 1 is 1.05 bits per heavy atom. The summed E-state index contributed by atoms with van der Waals surface area (Å²) in [5, 5.41) is 3.85. The number of nitrogens with zero attached hydrogens (tertiary/aromatic N) is 4. The van der Waals surface area contributed by atoms with Gasteiger partial charge in [0, 0.05) is 44.1 Å². The molecule has 20 heavy (non-hydrogen) atoms. The lowest BCUT2D eigenvalue weighted by atomic mass is 10.0. The summed E-state index contributed by atoms with van der Waals surface area (Å²) in [5.41, 5.74) is 0. The molecular weight excluding hydrogens is 250 g/mol. The van der Waals surface area contributed by atoms with Gasteiger partial charge in [-0.3, -0.25) is 0 Å². The number of rotatable bonds is 3. The third-order valence-electron chi connectivity index (χ3n) is 4.43. The van der Waals surface area contributed by atoms with E-state index in [1.54, 1.807) is 0 Å². The van der Waals surface area contributed by atoms with Gasteiger partial charge in [0.15, 0.2) is 0 Å². The van der Waals surface area contributed by atoms with E-state index in [1.807, 2.05) is 18.5 Å². The van der Waals surface area contributed by atoms with Gasteiger partial charge < -0.3 is 15.1 Å². The second-order valence-corrected chi connectivity index (χ2v) is 6.08. The van der Waals surface area contributed by atoms with Crippen molar-refractivity contribution in [3.63, 3.8) is 0 Å². The number of nitrogens with one attached hydrogen (secondary N) is 1. The highest BCUT2D eigenvalue weighted by Gasteiger charge is 2.24. The van der Waals surface area contributed by atoms with Crippen LogP contribution in [-0.2, 0) is 0 Å². The molecule has 2 aliphatic rings. The van der Waals surface area contributed by atoms with Crippen LogP contribution < -0.4 is 10.2 Å². The molecule has 3 heterocycles. The minimum Gasteiger partial charge on any atom is -0.341 e. The van der Waals surface area contributed by atoms with Gasteiger partial charge in [-0.15, -0.1) is 0 Å². The average molecular weight is 275 g/mol. The molecule has 2 aliphatic heterocycles. The summed E-state index contributed by atoms with van der Waals surface area (Å²) in [5.74, 6) is 0.878. The van der Waals surface area contributed by atoms with Crippen LogP contribution >= 0.6 is 0 Å². The van der Waals surface area contributed by atoms with Crippen LogP contribution in [0.5, 0.6) is 0 Å². The van der Waals surface area contributed by atoms with Gasteiger partial charge in [-0.25, -0.2) is 9.97 Å². The highest BCUT2D eigenvalue weighted by Crippen LogP contribution is 2.17. The molecule has 2 saturated heterocycles. The number of hydrogen-bond donors (Lipinski definition) is 1. The molecule has 5 heteroatoms. The predicted molar refractivity (Wildman–Crippen MR) is 80.9 cm³/mol. The minimum atomic E-state index is 0.659. The van der Waals surface area contributed by atoms with Crippen LogP contribution in [0.15, 0.2) is 18.5 Å². The van der Waals surface area contributed by atoms with Crippen molar-refractivity contribution in [1.82, 2.24) is 20.2 Å². The molecule has 0 radical (unpaired) electrons. The molecule has 1 aromatic heterocycles. The fourth-order valence-electron chi connectivity index (χ4n) is 3.34. The number of hydrogen-bond acceptors (Lipinski definition) is 5. The van der Waals surface area contributed by atoms with Crippen molar-refractivity contribution in [2.24, 2.45) is 0 Å². The molecule has 3 rings (SSSR count). The standard InChI is InChI=1S/C15H25N5/c1-19-9-2-4-14(12-19)18-13-5-10-20(11-6-13)15-16-7-3-8-17-15/h3,7-8,13-14,18H,2,4-6,9-12H2,1H3. The molecule has 0 amide bonds. The second-order valence-electron chi connectivity index (χ2n) is 6.08. The van der Waals surface area contributed by atoms with Crippen molar-refractivity contribution < 1.29 is 0 Å². The molecule has 110 valence electrons. The maximum Gasteiger partial charge on any atom is 0.225 e. The molecule has 1 atom stereocenters. The van der Waals surface area contributed by atoms with Gasteiger partial charge in [0.25, 0.3) is 0 Å². The molecule has 0 bridgehead atoms. The van der Waals surface area contributed by atoms with Crippen molar-refractivity contribution in [3.05, 3.63) is 18.5 Å². The van der Waals surface area contributed by atoms with Crippen molar-refractivity contribution >= 4 is 5.95 Å². The SMILES string of the molecule is CN1CCCC(NC2CCN(c3ncccn3)CC2)C1. The summed E-state index contributed by atoms with van der Waals surface area (Å²) in [4.78, 5) is 13.4. The molecule has 1 N–H and O–H groups in total. The highest BCUT2D eigenvalue weighted by molar-refractivity contribution is 5.29. The highest BCUT2D eigenvalue weighted by atomic mass is 15.3. The van der Waals surface area contributed by atoms with E-state index >= 15 is 0 Å². The van der Waals surface area contributed by atoms with Gasteiger partial charge in [-0.05, 0) is 45.3 Å². The van der Waals surface area contributed by atoms with E-state index in [2.05, 4.69) is 32.1 Å². The van der Waals surface area contributed by atoms with Gasteiger partial charge >= 0.3 is 0 Å². The molecule has 0 aromatic carbocycles. The zero-order valence-corrected chi connectivity index (χ0v) is 12.3. The lowest BCUT2D eigenvalue weighted by molar-refractivity contribution is 0.209. The molecule has 0 aliphatic carbocycles. The number of anilines is 1. The van der Waals surface area contributed by atoms with E-state index < -0.39 is 0 Å². The van der Waals surface area contributed by atoms with Crippen LogP contribution in [-0.4, -0.2) is 60.2 Å². The Labute approximate surface area is 121 Å². The maximum absolute atomic E-state index is 4.34. The molecule has 0 saturated carbocycles. The first-order valence-electron chi connectivity index (χ1n) is 7.78. The van der Waals surface area contributed by atoms with Crippen molar-refractivity contribution in [2.45, 2.75) is 37.8 Å². The molecular formula is C15H25N5. The van der Waals surface area contributed by atoms with Crippen LogP contribution in [0, 0.1) is 0 Å². The zero-order valence-electron chi connectivity index (χ0n) is 12.3. The van der Waals surface area contributed by atoms with E-state index in [-0.39, 0.29) is 0 Å². The van der Waals surface area contributed by atoms with Crippen LogP contribution in [0.2, 0.25) is 0 Å². The number of likely N-dealkylation sites (tertiary alicyclic amines) is 1. The van der Waals surface area contributed by atoms with Crippen molar-refractivity contribution in [2.75, 3.05) is 38.1 Å². The molecule has 2 fully saturated rings. The summed E-state index contributed by atoms with van der Waals surface area (Å²) in [6.07, 6.45) is 8.68. The Hall–Kier alpha value is -1.20. The number of piperidine rings is 2. The van der Waals surface area contributed by atoms with Crippen LogP contribution in [0.3, 0.4) is 0 Å². The van der Waals surface area contributed by atoms with Gasteiger partial charge in [0.2, 0.25) is 5.95 Å². The molecule has 0 spiro atoms. The van der Waals surface area contributed by atoms with E-state index in [4.69, 9.17) is 0 Å². The normalized spacial score (nSPS) is 25.9. The number of aromatic nitrogens is 2. The quantitative estimate of drug-likeness (QED) is 0.896. The van der Waals surface area contributed by atoms with Gasteiger partial charge in [-0.1, -0.05) is 0 Å². The zero-order chi connectivity index (χ0) is 13.8. The van der Waals surface area contributed by atoms with Crippen molar-refractivity contribution in [3.8, 4) is 0 Å². The van der Waals surface area contributed by atoms with Crippen molar-refractivity contribution in [1.29, 1.82) is 0 Å². The third-order valence-corrected chi connectivity index (χ3v) is 4.43. The van der Waals surface area contributed by atoms with E-state index in [0.29, 0.717) is 12.1 Å². The maximum atomic E-state index is 4.34. The fourth-order valence-corrected chi connectivity index (χ4v) is 3.34. The Morgan fingerprint density at radius 3 is 2.50 bits per heavy atom. The Kier molecular flexibility index (Phi) is 4.47. The molecule has 1 unspecified atom stereocenters. The smallest absolute Gasteiger partial charge is 0.225 e. The Bertz CT molecular complexity index is 402. The van der Waals surface area contributed by atoms with Gasteiger partial charge in [0.1, 0.15) is 0 Å². The van der Waals surface area contributed by atoms with Crippen LogP contribution in [0.1, 0.15) is 25.7 Å². The van der Waals surface area contributed by atoms with E-state index in [1.165, 1.54) is 38.8 Å². The minimum absolute atomic E-state index is 0.659.